The zero-order chi connectivity index (χ0) is 26.4. The highest BCUT2D eigenvalue weighted by molar-refractivity contribution is 8.00. The Hall–Kier alpha value is -1.69. The Morgan fingerprint density at radius 3 is 2.08 bits per heavy atom. The molecule has 0 spiro atoms. The Balaban J connectivity index is 1.36. The zero-order valence-electron chi connectivity index (χ0n) is 20.8. The number of rotatable bonds is 6. The smallest absolute Gasteiger partial charge is 0.399 e. The van der Waals surface area contributed by atoms with Crippen LogP contribution in [0.15, 0.2) is 58.3 Å². The maximum absolute atomic E-state index is 13.3. The van der Waals surface area contributed by atoms with Gasteiger partial charge in [-0.1, -0.05) is 18.2 Å². The van der Waals surface area contributed by atoms with Crippen LogP contribution in [-0.4, -0.2) is 43.5 Å². The number of nitrogens with one attached hydrogen (secondary N) is 1. The van der Waals surface area contributed by atoms with Crippen LogP contribution in [0.2, 0.25) is 0 Å². The first kappa shape index (κ1) is 27.4. The predicted molar refractivity (Wildman–Crippen MR) is 137 cm³/mol. The van der Waals surface area contributed by atoms with Gasteiger partial charge in [0.05, 0.1) is 21.3 Å². The fraction of sp³-hybridized carbons (Fsp3) is 0.520. The minimum absolute atomic E-state index is 0.00772. The molecule has 1 aliphatic carbocycles. The van der Waals surface area contributed by atoms with E-state index in [0.717, 1.165) is 5.46 Å². The van der Waals surface area contributed by atoms with Crippen LogP contribution in [0.25, 0.3) is 0 Å². The molecule has 1 aliphatic heterocycles. The molecule has 0 radical (unpaired) electrons. The summed E-state index contributed by atoms with van der Waals surface area (Å²) in [7, 11) is -4.06. The van der Waals surface area contributed by atoms with Gasteiger partial charge in [0, 0.05) is 16.6 Å². The highest BCUT2D eigenvalue weighted by Gasteiger charge is 2.51. The van der Waals surface area contributed by atoms with Crippen molar-refractivity contribution in [1.82, 2.24) is 0 Å². The van der Waals surface area contributed by atoms with Crippen molar-refractivity contribution in [2.75, 3.05) is 5.32 Å². The molecule has 1 saturated carbocycles. The molecular formula is C25H31BF3NO4S2. The molecule has 5 nitrogen and oxygen atoms in total. The van der Waals surface area contributed by atoms with Crippen LogP contribution in [0.5, 0.6) is 0 Å². The number of alkyl halides is 3. The zero-order valence-corrected chi connectivity index (χ0v) is 22.4. The molecule has 2 aliphatic rings. The van der Waals surface area contributed by atoms with Crippen molar-refractivity contribution in [2.45, 2.75) is 91.2 Å². The van der Waals surface area contributed by atoms with E-state index in [2.05, 4.69) is 5.32 Å². The lowest BCUT2D eigenvalue weighted by molar-refractivity contribution is -0.0328. The van der Waals surface area contributed by atoms with E-state index in [-0.39, 0.29) is 27.6 Å². The molecule has 0 atom stereocenters. The summed E-state index contributed by atoms with van der Waals surface area (Å²) < 4.78 is 76.6. The van der Waals surface area contributed by atoms with Crippen LogP contribution >= 0.6 is 11.8 Å². The van der Waals surface area contributed by atoms with Gasteiger partial charge < -0.3 is 14.6 Å². The summed E-state index contributed by atoms with van der Waals surface area (Å²) in [5.41, 5.74) is -3.92. The summed E-state index contributed by atoms with van der Waals surface area (Å²) >= 11 is -0.148. The van der Waals surface area contributed by atoms with Gasteiger partial charge in [0.1, 0.15) is 0 Å². The average Bonchev–Trinajstić information content (AvgIpc) is 3.00. The number of anilines is 1. The van der Waals surface area contributed by atoms with Gasteiger partial charge in [-0.15, -0.1) is 0 Å². The SMILES string of the molecule is CC1(C)OB(c2ccc(S(=O)(=O)C3CCC(Nc4cccc(SC(F)(F)F)c4)CC3)cc2)OC1(C)C. The standard InChI is InChI=1S/C25H31BF3NO4S2/c1-23(2)24(3,4)34-26(33-23)17-8-12-21(13-9-17)36(31,32)22-14-10-18(11-15-22)30-19-6-5-7-20(16-19)35-25(27,28)29/h5-9,12-13,16,18,22,30H,10-11,14-15H2,1-4H3. The van der Waals surface area contributed by atoms with Crippen LogP contribution < -0.4 is 10.8 Å². The molecule has 0 unspecified atom stereocenters. The predicted octanol–water partition coefficient (Wildman–Crippen LogP) is 5.79. The average molecular weight is 541 g/mol. The lowest BCUT2D eigenvalue weighted by atomic mass is 9.79. The number of halogens is 3. The largest absolute Gasteiger partial charge is 0.494 e. The van der Waals surface area contributed by atoms with Gasteiger partial charge in [0.25, 0.3) is 0 Å². The summed E-state index contributed by atoms with van der Waals surface area (Å²) in [4.78, 5) is 0.392. The summed E-state index contributed by atoms with van der Waals surface area (Å²) in [6, 6.07) is 12.9. The van der Waals surface area contributed by atoms with Crippen molar-refractivity contribution in [1.29, 1.82) is 0 Å². The molecule has 1 saturated heterocycles. The Bertz CT molecular complexity index is 1160. The third-order valence-corrected chi connectivity index (χ3v) is 10.3. The molecule has 196 valence electrons. The molecule has 2 fully saturated rings. The van der Waals surface area contributed by atoms with Crippen LogP contribution in [0.4, 0.5) is 18.9 Å². The van der Waals surface area contributed by atoms with Crippen molar-refractivity contribution >= 4 is 39.9 Å². The molecule has 4 rings (SSSR count). The van der Waals surface area contributed by atoms with E-state index >= 15 is 0 Å². The van der Waals surface area contributed by atoms with Crippen molar-refractivity contribution in [3.8, 4) is 0 Å². The normalized spacial score (nSPS) is 24.0. The first-order chi connectivity index (χ1) is 16.7. The number of thioether (sulfide) groups is 1. The Morgan fingerprint density at radius 1 is 0.944 bits per heavy atom. The first-order valence-electron chi connectivity index (χ1n) is 12.0. The van der Waals surface area contributed by atoms with Crippen molar-refractivity contribution < 1.29 is 30.9 Å². The fourth-order valence-corrected chi connectivity index (χ4v) is 6.92. The quantitative estimate of drug-likeness (QED) is 0.369. The fourth-order valence-electron chi connectivity index (χ4n) is 4.52. The second-order valence-electron chi connectivity index (χ2n) is 10.4. The minimum atomic E-state index is -4.34. The number of sulfone groups is 1. The van der Waals surface area contributed by atoms with E-state index < -0.39 is 38.9 Å². The van der Waals surface area contributed by atoms with Gasteiger partial charge in [-0.3, -0.25) is 0 Å². The summed E-state index contributed by atoms with van der Waals surface area (Å²) in [5.74, 6) is 0. The van der Waals surface area contributed by atoms with E-state index in [1.165, 1.54) is 12.1 Å². The third-order valence-electron chi connectivity index (χ3n) is 7.29. The molecule has 36 heavy (non-hydrogen) atoms. The molecule has 2 aromatic carbocycles. The van der Waals surface area contributed by atoms with Crippen molar-refractivity contribution in [3.63, 3.8) is 0 Å². The molecule has 2 aromatic rings. The lowest BCUT2D eigenvalue weighted by Crippen LogP contribution is -2.41. The van der Waals surface area contributed by atoms with E-state index in [1.807, 2.05) is 27.7 Å². The van der Waals surface area contributed by atoms with Crippen LogP contribution in [0.3, 0.4) is 0 Å². The van der Waals surface area contributed by atoms with Gasteiger partial charge >= 0.3 is 12.6 Å². The monoisotopic (exact) mass is 541 g/mol. The van der Waals surface area contributed by atoms with E-state index in [4.69, 9.17) is 9.31 Å². The maximum Gasteiger partial charge on any atom is 0.494 e. The van der Waals surface area contributed by atoms with E-state index in [9.17, 15) is 21.6 Å². The molecule has 0 amide bonds. The summed E-state index contributed by atoms with van der Waals surface area (Å²) in [5, 5.41) is 2.77. The number of hydrogen-bond donors (Lipinski definition) is 1. The van der Waals surface area contributed by atoms with Crippen LogP contribution in [-0.2, 0) is 19.1 Å². The third kappa shape index (κ3) is 6.06. The summed E-state index contributed by atoms with van der Waals surface area (Å²) in [6.07, 6.45) is 2.20. The van der Waals surface area contributed by atoms with Gasteiger partial charge in [-0.2, -0.15) is 13.2 Å². The molecule has 1 N–H and O–H groups in total. The Kier molecular flexibility index (Phi) is 7.51. The van der Waals surface area contributed by atoms with E-state index in [0.29, 0.717) is 31.4 Å². The van der Waals surface area contributed by atoms with E-state index in [1.54, 1.807) is 36.4 Å². The first-order valence-corrected chi connectivity index (χ1v) is 14.3. The van der Waals surface area contributed by atoms with Crippen molar-refractivity contribution in [2.24, 2.45) is 0 Å². The summed E-state index contributed by atoms with van der Waals surface area (Å²) in [6.45, 7) is 7.87. The van der Waals surface area contributed by atoms with Gasteiger partial charge in [0.2, 0.25) is 0 Å². The highest BCUT2D eigenvalue weighted by atomic mass is 32.2. The minimum Gasteiger partial charge on any atom is -0.399 e. The molecule has 1 heterocycles. The topological polar surface area (TPSA) is 64.6 Å². The maximum atomic E-state index is 13.3. The highest BCUT2D eigenvalue weighted by Crippen LogP contribution is 2.39. The molecular weight excluding hydrogens is 510 g/mol. The Morgan fingerprint density at radius 2 is 1.53 bits per heavy atom. The molecule has 11 heteroatoms. The second kappa shape index (κ2) is 9.89. The Labute approximate surface area is 215 Å². The van der Waals surface area contributed by atoms with Crippen LogP contribution in [0, 0.1) is 0 Å². The van der Waals surface area contributed by atoms with Gasteiger partial charge in [-0.25, -0.2) is 8.42 Å². The van der Waals surface area contributed by atoms with Gasteiger partial charge in [0.15, 0.2) is 9.84 Å². The number of hydrogen-bond acceptors (Lipinski definition) is 6. The molecule has 0 bridgehead atoms. The van der Waals surface area contributed by atoms with Gasteiger partial charge in [-0.05, 0) is 101 Å². The molecule has 0 aromatic heterocycles. The second-order valence-corrected chi connectivity index (χ2v) is 13.8. The number of benzene rings is 2. The van der Waals surface area contributed by atoms with Crippen LogP contribution in [0.1, 0.15) is 53.4 Å². The lowest BCUT2D eigenvalue weighted by Gasteiger charge is -2.32. The van der Waals surface area contributed by atoms with Crippen molar-refractivity contribution in [3.05, 3.63) is 48.5 Å².